The molecule has 8 heteroatoms. The highest BCUT2D eigenvalue weighted by atomic mass is 35.5. The molecule has 1 heterocycles. The lowest BCUT2D eigenvalue weighted by atomic mass is 10.0. The number of halogens is 1. The number of aliphatic carboxylic acids is 1. The number of nitrogens with one attached hydrogen (secondary N) is 1. The average Bonchev–Trinajstić information content (AvgIpc) is 2.80. The Labute approximate surface area is 105 Å². The molecule has 0 radical (unpaired) electrons. The highest BCUT2D eigenvalue weighted by Gasteiger charge is 2.61. The molecule has 0 aromatic rings. The Morgan fingerprint density at radius 2 is 2.41 bits per heavy atom. The van der Waals surface area contributed by atoms with Gasteiger partial charge in [-0.25, -0.2) is 0 Å². The number of carboxylic acid groups (broad SMARTS) is 1. The smallest absolute Gasteiger partial charge is 0.320 e. The first kappa shape index (κ1) is 14.1. The molecular weight excluding hydrogens is 248 g/mol. The van der Waals surface area contributed by atoms with Crippen LogP contribution in [0.1, 0.15) is 12.8 Å². The van der Waals surface area contributed by atoms with Crippen molar-refractivity contribution in [2.45, 2.75) is 24.9 Å². The summed E-state index contributed by atoms with van der Waals surface area (Å²) in [6, 6.07) is -0.146. The normalized spacial score (nSPS) is 33.2. The monoisotopic (exact) mass is 262 g/mol. The van der Waals surface area contributed by atoms with Crippen molar-refractivity contribution in [3.8, 4) is 0 Å². The van der Waals surface area contributed by atoms with Gasteiger partial charge in [-0.3, -0.25) is 4.79 Å². The van der Waals surface area contributed by atoms with Crippen LogP contribution >= 0.6 is 12.4 Å². The van der Waals surface area contributed by atoms with E-state index in [1.807, 2.05) is 0 Å². The molecule has 0 spiro atoms. The van der Waals surface area contributed by atoms with Crippen molar-refractivity contribution in [2.75, 3.05) is 19.8 Å². The van der Waals surface area contributed by atoms with Crippen molar-refractivity contribution < 1.29 is 14.6 Å². The van der Waals surface area contributed by atoms with Gasteiger partial charge in [0.05, 0.1) is 13.2 Å². The van der Waals surface area contributed by atoms with Gasteiger partial charge in [-0.15, -0.1) is 12.4 Å². The number of ether oxygens (including phenoxy) is 1. The summed E-state index contributed by atoms with van der Waals surface area (Å²) in [5.41, 5.74) is 8.07. The molecule has 1 aliphatic carbocycles. The number of rotatable bonds is 6. The van der Waals surface area contributed by atoms with Crippen LogP contribution in [0.4, 0.5) is 0 Å². The summed E-state index contributed by atoms with van der Waals surface area (Å²) in [4.78, 5) is 13.4. The fourth-order valence-electron chi connectivity index (χ4n) is 2.32. The number of fused-ring (bicyclic) bond motifs is 1. The number of hydrogen-bond acceptors (Lipinski definition) is 4. The van der Waals surface area contributed by atoms with Crippen LogP contribution in [0.2, 0.25) is 0 Å². The van der Waals surface area contributed by atoms with Crippen LogP contribution in [0.3, 0.4) is 0 Å². The molecule has 2 fully saturated rings. The molecule has 96 valence electrons. The molecule has 0 aromatic heterocycles. The summed E-state index contributed by atoms with van der Waals surface area (Å²) in [7, 11) is 0. The van der Waals surface area contributed by atoms with Crippen molar-refractivity contribution in [3.63, 3.8) is 0 Å². The predicted molar refractivity (Wildman–Crippen MR) is 62.1 cm³/mol. The van der Waals surface area contributed by atoms with Crippen LogP contribution in [-0.4, -0.2) is 42.9 Å². The number of hydrogen-bond donors (Lipinski definition) is 2. The Morgan fingerprint density at radius 3 is 3.00 bits per heavy atom. The summed E-state index contributed by atoms with van der Waals surface area (Å²) in [5, 5.41) is 15.3. The number of azide groups is 1. The summed E-state index contributed by atoms with van der Waals surface area (Å²) < 4.78 is 5.39. The van der Waals surface area contributed by atoms with Gasteiger partial charge < -0.3 is 15.2 Å². The van der Waals surface area contributed by atoms with Gasteiger partial charge >= 0.3 is 5.97 Å². The van der Waals surface area contributed by atoms with Gasteiger partial charge in [0.2, 0.25) is 0 Å². The zero-order chi connectivity index (χ0) is 11.6. The molecule has 3 atom stereocenters. The van der Waals surface area contributed by atoms with Crippen LogP contribution < -0.4 is 5.32 Å². The molecule has 0 unspecified atom stereocenters. The third-order valence-electron chi connectivity index (χ3n) is 3.29. The van der Waals surface area contributed by atoms with Crippen molar-refractivity contribution >= 4 is 18.4 Å². The molecule has 1 saturated carbocycles. The lowest BCUT2D eigenvalue weighted by molar-refractivity contribution is -0.139. The van der Waals surface area contributed by atoms with Gasteiger partial charge in [-0.1, -0.05) is 5.11 Å². The third-order valence-corrected chi connectivity index (χ3v) is 3.29. The largest absolute Gasteiger partial charge is 0.480 e. The van der Waals surface area contributed by atoms with E-state index in [4.69, 9.17) is 15.4 Å². The van der Waals surface area contributed by atoms with Crippen molar-refractivity contribution in [1.82, 2.24) is 5.32 Å². The molecular formula is C9H15ClN4O3. The molecule has 2 aliphatic rings. The second kappa shape index (κ2) is 5.55. The Bertz CT molecular complexity index is 347. The van der Waals surface area contributed by atoms with Crippen molar-refractivity contribution in [1.29, 1.82) is 0 Å². The first-order valence-electron chi connectivity index (χ1n) is 5.25. The Kier molecular flexibility index (Phi) is 4.59. The molecule has 2 N–H and O–H groups in total. The van der Waals surface area contributed by atoms with E-state index in [1.54, 1.807) is 0 Å². The van der Waals surface area contributed by atoms with E-state index in [9.17, 15) is 4.79 Å². The van der Waals surface area contributed by atoms with Gasteiger partial charge in [0, 0.05) is 22.9 Å². The highest BCUT2D eigenvalue weighted by molar-refractivity contribution is 5.85. The summed E-state index contributed by atoms with van der Waals surface area (Å²) >= 11 is 0. The maximum atomic E-state index is 10.8. The number of carbonyl (C=O) groups is 1. The average molecular weight is 263 g/mol. The second-order valence-electron chi connectivity index (χ2n) is 4.39. The molecule has 0 bridgehead atoms. The minimum Gasteiger partial charge on any atom is -0.480 e. The van der Waals surface area contributed by atoms with Crippen LogP contribution in [-0.2, 0) is 9.53 Å². The fourth-order valence-corrected chi connectivity index (χ4v) is 2.32. The minimum absolute atomic E-state index is 0. The molecule has 1 saturated heterocycles. The number of piperidine rings is 1. The zero-order valence-corrected chi connectivity index (χ0v) is 10.0. The maximum absolute atomic E-state index is 10.8. The Hall–Kier alpha value is -1.01. The lowest BCUT2D eigenvalue weighted by Gasteiger charge is -2.12. The van der Waals surface area contributed by atoms with Gasteiger partial charge in [0.15, 0.2) is 0 Å². The fraction of sp³-hybridized carbons (Fsp3) is 0.889. The van der Waals surface area contributed by atoms with Crippen LogP contribution in [0.15, 0.2) is 5.11 Å². The minimum atomic E-state index is -0.791. The van der Waals surface area contributed by atoms with Crippen LogP contribution in [0.25, 0.3) is 10.4 Å². The van der Waals surface area contributed by atoms with Crippen LogP contribution in [0.5, 0.6) is 0 Å². The molecule has 0 amide bonds. The SMILES string of the molecule is Cl.[N-]=[N+]=NCCOC[C@]12C[C@@H](C(=O)O)N[C@H]1C2. The van der Waals surface area contributed by atoms with E-state index >= 15 is 0 Å². The van der Waals surface area contributed by atoms with Gasteiger partial charge in [0.1, 0.15) is 6.04 Å². The lowest BCUT2D eigenvalue weighted by Crippen LogP contribution is -2.33. The number of nitrogens with zero attached hydrogens (tertiary/aromatic N) is 3. The predicted octanol–water partition coefficient (Wildman–Crippen LogP) is 0.940. The zero-order valence-electron chi connectivity index (χ0n) is 9.20. The van der Waals surface area contributed by atoms with Crippen molar-refractivity contribution in [3.05, 3.63) is 10.4 Å². The third kappa shape index (κ3) is 3.01. The summed E-state index contributed by atoms with van der Waals surface area (Å²) in [5.74, 6) is -0.791. The first-order valence-corrected chi connectivity index (χ1v) is 5.25. The second-order valence-corrected chi connectivity index (χ2v) is 4.39. The Morgan fingerprint density at radius 1 is 1.65 bits per heavy atom. The Balaban J connectivity index is 0.00000144. The van der Waals surface area contributed by atoms with E-state index in [0.29, 0.717) is 26.2 Å². The van der Waals surface area contributed by atoms with Gasteiger partial charge in [0.25, 0.3) is 0 Å². The van der Waals surface area contributed by atoms with E-state index in [2.05, 4.69) is 15.3 Å². The van der Waals surface area contributed by atoms with E-state index < -0.39 is 12.0 Å². The summed E-state index contributed by atoms with van der Waals surface area (Å²) in [6.07, 6.45) is 1.62. The quantitative estimate of drug-likeness (QED) is 0.321. The van der Waals surface area contributed by atoms with E-state index in [0.717, 1.165) is 6.42 Å². The highest BCUT2D eigenvalue weighted by Crippen LogP contribution is 2.54. The van der Waals surface area contributed by atoms with Crippen LogP contribution in [0, 0.1) is 5.41 Å². The van der Waals surface area contributed by atoms with Crippen molar-refractivity contribution in [2.24, 2.45) is 10.5 Å². The molecule has 0 aromatic carbocycles. The number of carboxylic acids is 1. The van der Waals surface area contributed by atoms with E-state index in [1.165, 1.54) is 0 Å². The molecule has 1 aliphatic heterocycles. The van der Waals surface area contributed by atoms with Gasteiger partial charge in [-0.05, 0) is 18.4 Å². The standard InChI is InChI=1S/C9H14N4O3.ClH/c10-13-11-1-2-16-5-9-3-6(8(14)15)12-7(9)4-9;/h6-7,12H,1-5H2,(H,14,15);1H/t6-,7-,9+;/m0./s1. The first-order chi connectivity index (χ1) is 7.68. The maximum Gasteiger partial charge on any atom is 0.320 e. The topological polar surface area (TPSA) is 107 Å². The molecule has 2 rings (SSSR count). The van der Waals surface area contributed by atoms with Gasteiger partial charge in [-0.2, -0.15) is 0 Å². The molecule has 7 nitrogen and oxygen atoms in total. The van der Waals surface area contributed by atoms with E-state index in [-0.39, 0.29) is 23.9 Å². The summed E-state index contributed by atoms with van der Waals surface area (Å²) in [6.45, 7) is 1.28. The molecule has 17 heavy (non-hydrogen) atoms.